The molecule has 0 aliphatic rings. The lowest BCUT2D eigenvalue weighted by molar-refractivity contribution is -0.145. The van der Waals surface area contributed by atoms with Crippen LogP contribution in [0.2, 0.25) is 0 Å². The number of urea groups is 1. The van der Waals surface area contributed by atoms with Crippen LogP contribution in [-0.4, -0.2) is 43.8 Å². The molecule has 0 saturated heterocycles. The maximum atomic E-state index is 11.4. The molecule has 1 heterocycles. The molecular formula is C10H14N4O5. The van der Waals surface area contributed by atoms with Crippen molar-refractivity contribution in [1.29, 1.82) is 0 Å². The topological polar surface area (TPSA) is 134 Å². The number of carbonyl (C=O) groups excluding carboxylic acids is 1. The van der Waals surface area contributed by atoms with E-state index in [1.54, 1.807) is 24.0 Å². The number of nitrogens with zero attached hydrogens (tertiary/aromatic N) is 2. The predicted octanol–water partition coefficient (Wildman–Crippen LogP) is -0.853. The molecule has 0 aromatic carbocycles. The Bertz CT molecular complexity index is 484. The van der Waals surface area contributed by atoms with Crippen molar-refractivity contribution >= 4 is 18.0 Å². The number of aromatic nitrogens is 2. The van der Waals surface area contributed by atoms with Crippen molar-refractivity contribution in [3.05, 3.63) is 18.2 Å². The minimum Gasteiger partial charge on any atom is -0.481 e. The summed E-state index contributed by atoms with van der Waals surface area (Å²) in [4.78, 5) is 36.6. The summed E-state index contributed by atoms with van der Waals surface area (Å²) in [6.07, 6.45) is 2.56. The first-order valence-corrected chi connectivity index (χ1v) is 5.35. The largest absolute Gasteiger partial charge is 0.481 e. The summed E-state index contributed by atoms with van der Waals surface area (Å²) in [6, 6.07) is -2.24. The number of nitrogens with one attached hydrogen (secondary N) is 2. The molecule has 0 radical (unpaired) electrons. The minimum absolute atomic E-state index is 0.106. The normalized spacial score (nSPS) is 11.6. The lowest BCUT2D eigenvalue weighted by Gasteiger charge is -2.13. The molecule has 1 aromatic heterocycles. The zero-order chi connectivity index (χ0) is 14.4. The highest BCUT2D eigenvalue weighted by atomic mass is 16.4. The average Bonchev–Trinajstić information content (AvgIpc) is 2.70. The molecule has 2 amide bonds. The van der Waals surface area contributed by atoms with Gasteiger partial charge >= 0.3 is 18.0 Å². The first-order valence-electron chi connectivity index (χ1n) is 5.35. The van der Waals surface area contributed by atoms with Crippen LogP contribution in [0.4, 0.5) is 4.79 Å². The fourth-order valence-corrected chi connectivity index (χ4v) is 1.31. The Balaban J connectivity index is 2.47. The Morgan fingerprint density at radius 1 is 1.42 bits per heavy atom. The van der Waals surface area contributed by atoms with Gasteiger partial charge in [0.05, 0.1) is 13.0 Å². The highest BCUT2D eigenvalue weighted by molar-refractivity contribution is 5.86. The maximum absolute atomic E-state index is 11.4. The fourth-order valence-electron chi connectivity index (χ4n) is 1.31. The summed E-state index contributed by atoms with van der Waals surface area (Å²) in [5.41, 5.74) is 0. The van der Waals surface area contributed by atoms with Gasteiger partial charge in [0, 0.05) is 19.4 Å². The van der Waals surface area contributed by atoms with E-state index < -0.39 is 30.4 Å². The number of carboxylic acids is 2. The van der Waals surface area contributed by atoms with Crippen LogP contribution in [0.15, 0.2) is 12.4 Å². The Labute approximate surface area is 108 Å². The monoisotopic (exact) mass is 270 g/mol. The maximum Gasteiger partial charge on any atom is 0.326 e. The SMILES string of the molecule is Cn1ccnc1CNC(=O)N[C@@H](CC(=O)O)C(=O)O. The van der Waals surface area contributed by atoms with Gasteiger partial charge in [-0.1, -0.05) is 0 Å². The van der Waals surface area contributed by atoms with Crippen molar-refractivity contribution in [1.82, 2.24) is 20.2 Å². The highest BCUT2D eigenvalue weighted by Gasteiger charge is 2.22. The number of hydrogen-bond acceptors (Lipinski definition) is 4. The van der Waals surface area contributed by atoms with Crippen LogP contribution in [0.25, 0.3) is 0 Å². The van der Waals surface area contributed by atoms with E-state index in [2.05, 4.69) is 15.6 Å². The average molecular weight is 270 g/mol. The molecule has 19 heavy (non-hydrogen) atoms. The van der Waals surface area contributed by atoms with Gasteiger partial charge in [-0.05, 0) is 0 Å². The van der Waals surface area contributed by atoms with E-state index in [-0.39, 0.29) is 6.54 Å². The third-order valence-electron chi connectivity index (χ3n) is 2.31. The second-order valence-electron chi connectivity index (χ2n) is 3.77. The first-order chi connectivity index (χ1) is 8.90. The molecule has 0 unspecified atom stereocenters. The van der Waals surface area contributed by atoms with E-state index >= 15 is 0 Å². The molecule has 9 nitrogen and oxygen atoms in total. The number of carboxylic acid groups (broad SMARTS) is 2. The number of hydrogen-bond donors (Lipinski definition) is 4. The predicted molar refractivity (Wildman–Crippen MR) is 62.3 cm³/mol. The standard InChI is InChI=1S/C10H14N4O5/c1-14-3-2-11-7(14)5-12-10(19)13-6(9(17)18)4-8(15)16/h2-3,6H,4-5H2,1H3,(H,15,16)(H,17,18)(H2,12,13,19)/t6-/m0/s1. The third kappa shape index (κ3) is 4.66. The lowest BCUT2D eigenvalue weighted by Crippen LogP contribution is -2.46. The number of carbonyl (C=O) groups is 3. The minimum atomic E-state index is -1.47. The number of aryl methyl sites for hydroxylation is 1. The highest BCUT2D eigenvalue weighted by Crippen LogP contribution is 1.95. The molecule has 1 rings (SSSR count). The second kappa shape index (κ2) is 6.38. The van der Waals surface area contributed by atoms with E-state index in [0.717, 1.165) is 0 Å². The van der Waals surface area contributed by atoms with Crippen LogP contribution < -0.4 is 10.6 Å². The Morgan fingerprint density at radius 2 is 2.11 bits per heavy atom. The summed E-state index contributed by atoms with van der Waals surface area (Å²) in [7, 11) is 1.74. The fraction of sp³-hybridized carbons (Fsp3) is 0.400. The molecule has 1 atom stereocenters. The van der Waals surface area contributed by atoms with E-state index in [1.165, 1.54) is 0 Å². The van der Waals surface area contributed by atoms with Crippen LogP contribution in [-0.2, 0) is 23.2 Å². The summed E-state index contributed by atoms with van der Waals surface area (Å²) < 4.78 is 1.69. The molecule has 0 bridgehead atoms. The van der Waals surface area contributed by atoms with Crippen molar-refractivity contribution in [3.63, 3.8) is 0 Å². The van der Waals surface area contributed by atoms with Gasteiger partial charge in [-0.3, -0.25) is 4.79 Å². The number of rotatable bonds is 6. The zero-order valence-electron chi connectivity index (χ0n) is 10.2. The molecule has 9 heteroatoms. The van der Waals surface area contributed by atoms with E-state index in [9.17, 15) is 14.4 Å². The van der Waals surface area contributed by atoms with Gasteiger partial charge in [-0.2, -0.15) is 0 Å². The van der Waals surface area contributed by atoms with Crippen LogP contribution in [0.1, 0.15) is 12.2 Å². The molecule has 0 spiro atoms. The summed E-state index contributed by atoms with van der Waals surface area (Å²) in [5.74, 6) is -2.13. The molecule has 1 aromatic rings. The van der Waals surface area contributed by atoms with Gasteiger partial charge in [0.2, 0.25) is 0 Å². The van der Waals surface area contributed by atoms with Crippen LogP contribution in [0.3, 0.4) is 0 Å². The van der Waals surface area contributed by atoms with Crippen LogP contribution in [0.5, 0.6) is 0 Å². The Kier molecular flexibility index (Phi) is 4.86. The molecular weight excluding hydrogens is 256 g/mol. The van der Waals surface area contributed by atoms with E-state index in [4.69, 9.17) is 10.2 Å². The van der Waals surface area contributed by atoms with Crippen LogP contribution >= 0.6 is 0 Å². The number of imidazole rings is 1. The van der Waals surface area contributed by atoms with Crippen molar-refractivity contribution in [2.24, 2.45) is 7.05 Å². The molecule has 0 aliphatic carbocycles. The Hall–Kier alpha value is -2.58. The van der Waals surface area contributed by atoms with Crippen molar-refractivity contribution < 1.29 is 24.6 Å². The van der Waals surface area contributed by atoms with Crippen molar-refractivity contribution in [2.75, 3.05) is 0 Å². The Morgan fingerprint density at radius 3 is 2.58 bits per heavy atom. The summed E-state index contributed by atoms with van der Waals surface area (Å²) in [6.45, 7) is 0.106. The van der Waals surface area contributed by atoms with Gasteiger partial charge in [0.15, 0.2) is 0 Å². The molecule has 104 valence electrons. The summed E-state index contributed by atoms with van der Waals surface area (Å²) >= 11 is 0. The van der Waals surface area contributed by atoms with Gasteiger partial charge in [0.25, 0.3) is 0 Å². The van der Waals surface area contributed by atoms with Crippen LogP contribution in [0, 0.1) is 0 Å². The third-order valence-corrected chi connectivity index (χ3v) is 2.31. The zero-order valence-corrected chi connectivity index (χ0v) is 10.2. The van der Waals surface area contributed by atoms with E-state index in [1.807, 2.05) is 0 Å². The molecule has 4 N–H and O–H groups in total. The first kappa shape index (κ1) is 14.5. The lowest BCUT2D eigenvalue weighted by atomic mass is 10.2. The summed E-state index contributed by atoms with van der Waals surface area (Å²) in [5, 5.41) is 21.7. The van der Waals surface area contributed by atoms with Gasteiger partial charge in [0.1, 0.15) is 11.9 Å². The number of amides is 2. The van der Waals surface area contributed by atoms with E-state index in [0.29, 0.717) is 5.82 Å². The smallest absolute Gasteiger partial charge is 0.326 e. The van der Waals surface area contributed by atoms with Gasteiger partial charge in [-0.15, -0.1) is 0 Å². The molecule has 0 saturated carbocycles. The number of aliphatic carboxylic acids is 2. The second-order valence-corrected chi connectivity index (χ2v) is 3.77. The molecule has 0 fully saturated rings. The molecule has 0 aliphatic heterocycles. The van der Waals surface area contributed by atoms with Crippen molar-refractivity contribution in [2.45, 2.75) is 19.0 Å². The quantitative estimate of drug-likeness (QED) is 0.532. The van der Waals surface area contributed by atoms with Crippen molar-refractivity contribution in [3.8, 4) is 0 Å². The van der Waals surface area contributed by atoms with Gasteiger partial charge in [-0.25, -0.2) is 14.6 Å². The van der Waals surface area contributed by atoms with Gasteiger partial charge < -0.3 is 25.4 Å².